The fraction of sp³-hybridized carbons (Fsp3) is 0.444. The average molecular weight is 296 g/mol. The SMILES string of the molecule is N#CCCn1cc(C(=O)C[NH+]2CCCCC2)c2ccccc21. The Hall–Kier alpha value is -2.12. The molecule has 0 amide bonds. The van der Waals surface area contributed by atoms with Gasteiger partial charge >= 0.3 is 0 Å². The molecule has 1 N–H and O–H groups in total. The molecule has 1 aromatic heterocycles. The average Bonchev–Trinajstić information content (AvgIpc) is 2.93. The van der Waals surface area contributed by atoms with E-state index in [0.717, 1.165) is 29.6 Å². The molecule has 0 spiro atoms. The summed E-state index contributed by atoms with van der Waals surface area (Å²) in [5, 5.41) is 9.81. The number of fused-ring (bicyclic) bond motifs is 1. The van der Waals surface area contributed by atoms with E-state index in [1.54, 1.807) is 0 Å². The smallest absolute Gasteiger partial charge is 0.219 e. The van der Waals surface area contributed by atoms with Crippen molar-refractivity contribution in [3.05, 3.63) is 36.0 Å². The van der Waals surface area contributed by atoms with E-state index in [-0.39, 0.29) is 5.78 Å². The number of nitrogens with one attached hydrogen (secondary N) is 1. The zero-order chi connectivity index (χ0) is 15.4. The Morgan fingerprint density at radius 2 is 2.00 bits per heavy atom. The number of nitrogens with zero attached hydrogens (tertiary/aromatic N) is 2. The van der Waals surface area contributed by atoms with Crippen molar-refractivity contribution >= 4 is 16.7 Å². The van der Waals surface area contributed by atoms with E-state index in [2.05, 4.69) is 6.07 Å². The Kier molecular flexibility index (Phi) is 4.55. The molecule has 0 bridgehead atoms. The van der Waals surface area contributed by atoms with E-state index in [1.165, 1.54) is 24.2 Å². The van der Waals surface area contributed by atoms with Gasteiger partial charge in [-0.25, -0.2) is 0 Å². The molecule has 3 rings (SSSR count). The predicted octanol–water partition coefficient (Wildman–Crippen LogP) is 1.81. The summed E-state index contributed by atoms with van der Waals surface area (Å²) in [4.78, 5) is 14.1. The van der Waals surface area contributed by atoms with Crippen molar-refractivity contribution in [1.29, 1.82) is 5.26 Å². The lowest BCUT2D eigenvalue weighted by atomic mass is 10.1. The van der Waals surface area contributed by atoms with Gasteiger partial charge in [-0.1, -0.05) is 18.2 Å². The molecule has 1 fully saturated rings. The fourth-order valence-electron chi connectivity index (χ4n) is 3.38. The Balaban J connectivity index is 1.86. The first-order chi connectivity index (χ1) is 10.8. The first-order valence-electron chi connectivity index (χ1n) is 8.11. The predicted molar refractivity (Wildman–Crippen MR) is 85.9 cm³/mol. The van der Waals surface area contributed by atoms with Crippen LogP contribution >= 0.6 is 0 Å². The molecule has 0 aliphatic carbocycles. The van der Waals surface area contributed by atoms with Crippen molar-refractivity contribution in [2.45, 2.75) is 32.2 Å². The highest BCUT2D eigenvalue weighted by molar-refractivity contribution is 6.08. The van der Waals surface area contributed by atoms with Crippen LogP contribution in [-0.2, 0) is 6.54 Å². The number of piperidine rings is 1. The Morgan fingerprint density at radius 1 is 1.23 bits per heavy atom. The molecule has 22 heavy (non-hydrogen) atoms. The topological polar surface area (TPSA) is 50.2 Å². The van der Waals surface area contributed by atoms with Crippen LogP contribution < -0.4 is 4.90 Å². The van der Waals surface area contributed by atoms with Crippen molar-refractivity contribution in [2.75, 3.05) is 19.6 Å². The third-order valence-electron chi connectivity index (χ3n) is 4.52. The fourth-order valence-corrected chi connectivity index (χ4v) is 3.38. The van der Waals surface area contributed by atoms with Crippen molar-refractivity contribution in [1.82, 2.24) is 4.57 Å². The first-order valence-corrected chi connectivity index (χ1v) is 8.11. The lowest BCUT2D eigenvalue weighted by Gasteiger charge is -2.22. The van der Waals surface area contributed by atoms with Crippen LogP contribution in [0.5, 0.6) is 0 Å². The van der Waals surface area contributed by atoms with Gasteiger partial charge in [-0.3, -0.25) is 4.79 Å². The third-order valence-corrected chi connectivity index (χ3v) is 4.52. The minimum atomic E-state index is 0.226. The molecule has 2 aromatic rings. The second-order valence-electron chi connectivity index (χ2n) is 6.07. The van der Waals surface area contributed by atoms with E-state index in [9.17, 15) is 4.79 Å². The van der Waals surface area contributed by atoms with Crippen LogP contribution in [0, 0.1) is 11.3 Å². The summed E-state index contributed by atoms with van der Waals surface area (Å²) >= 11 is 0. The van der Waals surface area contributed by atoms with E-state index in [0.29, 0.717) is 19.5 Å². The molecule has 2 heterocycles. The van der Waals surface area contributed by atoms with Crippen LogP contribution in [0.1, 0.15) is 36.0 Å². The molecule has 4 heteroatoms. The van der Waals surface area contributed by atoms with E-state index >= 15 is 0 Å². The van der Waals surface area contributed by atoms with E-state index in [1.807, 2.05) is 35.0 Å². The van der Waals surface area contributed by atoms with Crippen molar-refractivity contribution in [3.63, 3.8) is 0 Å². The Labute approximate surface area is 130 Å². The highest BCUT2D eigenvalue weighted by Crippen LogP contribution is 2.21. The van der Waals surface area contributed by atoms with Crippen molar-refractivity contribution in [2.24, 2.45) is 0 Å². The number of ketones is 1. The number of aryl methyl sites for hydroxylation is 1. The number of rotatable bonds is 5. The summed E-state index contributed by atoms with van der Waals surface area (Å²) in [6, 6.07) is 10.2. The van der Waals surface area contributed by atoms with Gasteiger partial charge in [-0.15, -0.1) is 0 Å². The number of hydrogen-bond acceptors (Lipinski definition) is 2. The van der Waals surface area contributed by atoms with Crippen LogP contribution in [0.4, 0.5) is 0 Å². The van der Waals surface area contributed by atoms with Crippen LogP contribution in [0.2, 0.25) is 0 Å². The lowest BCUT2D eigenvalue weighted by Crippen LogP contribution is -3.13. The zero-order valence-electron chi connectivity index (χ0n) is 12.8. The number of para-hydroxylation sites is 1. The molecule has 0 unspecified atom stereocenters. The molecule has 1 aromatic carbocycles. The minimum Gasteiger partial charge on any atom is -0.346 e. The van der Waals surface area contributed by atoms with Gasteiger partial charge < -0.3 is 9.47 Å². The number of benzene rings is 1. The van der Waals surface area contributed by atoms with Crippen LogP contribution in [0.3, 0.4) is 0 Å². The normalized spacial score (nSPS) is 15.8. The third kappa shape index (κ3) is 3.05. The second-order valence-corrected chi connectivity index (χ2v) is 6.07. The molecule has 1 aliphatic rings. The van der Waals surface area contributed by atoms with Gasteiger partial charge in [0.1, 0.15) is 6.54 Å². The summed E-state index contributed by atoms with van der Waals surface area (Å²) < 4.78 is 2.04. The number of quaternary nitrogens is 1. The molecule has 1 saturated heterocycles. The summed E-state index contributed by atoms with van der Waals surface area (Å²) in [6.45, 7) is 3.45. The number of nitriles is 1. The molecule has 114 valence electrons. The standard InChI is InChI=1S/C18H21N3O/c19-9-6-12-21-13-16(15-7-2-3-8-17(15)21)18(22)14-20-10-4-1-5-11-20/h2-3,7-8,13H,1,4-6,10-12,14H2/p+1. The van der Waals surface area contributed by atoms with Crippen LogP contribution in [-0.4, -0.2) is 30.0 Å². The highest BCUT2D eigenvalue weighted by atomic mass is 16.1. The van der Waals surface area contributed by atoms with Gasteiger partial charge in [-0.2, -0.15) is 5.26 Å². The quantitative estimate of drug-likeness (QED) is 0.856. The maximum atomic E-state index is 12.7. The van der Waals surface area contributed by atoms with Gasteiger partial charge in [0.15, 0.2) is 0 Å². The zero-order valence-corrected chi connectivity index (χ0v) is 12.8. The monoisotopic (exact) mass is 296 g/mol. The highest BCUT2D eigenvalue weighted by Gasteiger charge is 2.21. The van der Waals surface area contributed by atoms with Crippen molar-refractivity contribution < 1.29 is 9.69 Å². The largest absolute Gasteiger partial charge is 0.346 e. The second kappa shape index (κ2) is 6.76. The summed E-state index contributed by atoms with van der Waals surface area (Å²) in [5.41, 5.74) is 1.86. The molecule has 4 nitrogen and oxygen atoms in total. The number of likely N-dealkylation sites (tertiary alicyclic amines) is 1. The molecular formula is C18H22N3O+. The number of carbonyl (C=O) groups is 1. The van der Waals surface area contributed by atoms with Crippen LogP contribution in [0.15, 0.2) is 30.5 Å². The first kappa shape index (κ1) is 14.8. The van der Waals surface area contributed by atoms with Gasteiger partial charge in [0.05, 0.1) is 25.6 Å². The summed E-state index contributed by atoms with van der Waals surface area (Å²) in [6.07, 6.45) is 6.15. The van der Waals surface area contributed by atoms with Gasteiger partial charge in [-0.05, 0) is 25.3 Å². The van der Waals surface area contributed by atoms with E-state index < -0.39 is 0 Å². The molecular weight excluding hydrogens is 274 g/mol. The summed E-state index contributed by atoms with van der Waals surface area (Å²) in [5.74, 6) is 0.226. The van der Waals surface area contributed by atoms with E-state index in [4.69, 9.17) is 5.26 Å². The number of hydrogen-bond donors (Lipinski definition) is 1. The number of aromatic nitrogens is 1. The Morgan fingerprint density at radius 3 is 2.77 bits per heavy atom. The van der Waals surface area contributed by atoms with Gasteiger partial charge in [0.2, 0.25) is 5.78 Å². The molecule has 0 atom stereocenters. The number of Topliss-reactive ketones (excluding diaryl/α,β-unsaturated/α-hetero) is 1. The van der Waals surface area contributed by atoms with Gasteiger partial charge in [0.25, 0.3) is 0 Å². The van der Waals surface area contributed by atoms with Gasteiger partial charge in [0, 0.05) is 29.2 Å². The summed E-state index contributed by atoms with van der Waals surface area (Å²) in [7, 11) is 0. The van der Waals surface area contributed by atoms with Crippen molar-refractivity contribution in [3.8, 4) is 6.07 Å². The molecule has 0 saturated carbocycles. The molecule has 0 radical (unpaired) electrons. The van der Waals surface area contributed by atoms with Crippen LogP contribution in [0.25, 0.3) is 10.9 Å². The minimum absolute atomic E-state index is 0.226. The Bertz CT molecular complexity index is 705. The molecule has 1 aliphatic heterocycles. The maximum absolute atomic E-state index is 12.7. The maximum Gasteiger partial charge on any atom is 0.219 e. The number of carbonyl (C=O) groups excluding carboxylic acids is 1. The lowest BCUT2D eigenvalue weighted by molar-refractivity contribution is -0.896.